The van der Waals surface area contributed by atoms with Crippen LogP contribution in [-0.4, -0.2) is 41.9 Å². The minimum absolute atomic E-state index is 0.0137. The Morgan fingerprint density at radius 2 is 1.86 bits per heavy atom. The van der Waals surface area contributed by atoms with Gasteiger partial charge in [-0.25, -0.2) is 0 Å². The molecule has 8 nitrogen and oxygen atoms in total. The molecule has 5 fully saturated rings. The zero-order chi connectivity index (χ0) is 25.2. The molecule has 35 heavy (non-hydrogen) atoms. The van der Waals surface area contributed by atoms with Crippen molar-refractivity contribution in [2.24, 2.45) is 39.6 Å². The monoisotopic (exact) mass is 487 g/mol. The van der Waals surface area contributed by atoms with Gasteiger partial charge in [-0.15, -0.1) is 0 Å². The molecule has 0 aromatic heterocycles. The maximum absolute atomic E-state index is 13.6. The molecule has 0 aromatic rings. The molecule has 10 atom stereocenters. The van der Waals surface area contributed by atoms with Gasteiger partial charge in [-0.3, -0.25) is 9.59 Å². The molecule has 0 aromatic carbocycles. The standard InChI is InChI=1S/C27H41N3O5/c1-6-7-19(29-30-28)24(32)33-23-9-8-16-15-12-20(31)18-13-21-22(35-25(2,3)34-21)14-27(18,5)17(15)10-11-26(16,23)4/h15-19,21-23H,6-14H2,1-5H3/t15-,16-,17-,18+,19?,21-,22+,23-,26-,27+/m0/s1. The van der Waals surface area contributed by atoms with Crippen LogP contribution in [0.3, 0.4) is 0 Å². The number of rotatable bonds is 5. The maximum Gasteiger partial charge on any atom is 0.315 e. The van der Waals surface area contributed by atoms with Crippen molar-refractivity contribution in [2.45, 2.75) is 123 Å². The molecule has 1 saturated heterocycles. The summed E-state index contributed by atoms with van der Waals surface area (Å²) >= 11 is 0. The van der Waals surface area contributed by atoms with Crippen LogP contribution in [0, 0.1) is 34.5 Å². The van der Waals surface area contributed by atoms with E-state index in [1.54, 1.807) is 0 Å². The van der Waals surface area contributed by atoms with Gasteiger partial charge in [-0.05, 0) is 87.5 Å². The van der Waals surface area contributed by atoms with E-state index in [9.17, 15) is 9.59 Å². The predicted molar refractivity (Wildman–Crippen MR) is 129 cm³/mol. The Kier molecular flexibility index (Phi) is 6.25. The summed E-state index contributed by atoms with van der Waals surface area (Å²) in [6.07, 6.45) is 7.24. The first kappa shape index (κ1) is 25.0. The minimum atomic E-state index is -0.756. The number of hydrogen-bond donors (Lipinski definition) is 0. The molecule has 0 bridgehead atoms. The van der Waals surface area contributed by atoms with E-state index < -0.39 is 17.8 Å². The van der Waals surface area contributed by atoms with Crippen LogP contribution >= 0.6 is 0 Å². The SMILES string of the molecule is CCCC(N=[N+]=[N-])C(=O)O[C@H]1CC[C@H]2[C@@H]3CC(=O)[C@H]4C[C@@H]5OC(C)(C)O[C@@H]5C[C@]4(C)[C@H]3CC[C@]12C. The summed E-state index contributed by atoms with van der Waals surface area (Å²) < 4.78 is 18.5. The lowest BCUT2D eigenvalue weighted by atomic mass is 9.44. The number of ether oxygens (including phenoxy) is 3. The summed E-state index contributed by atoms with van der Waals surface area (Å²) in [5, 5.41) is 3.69. The highest BCUT2D eigenvalue weighted by Gasteiger charge is 2.65. The van der Waals surface area contributed by atoms with E-state index in [2.05, 4.69) is 23.9 Å². The van der Waals surface area contributed by atoms with Crippen LogP contribution < -0.4 is 0 Å². The lowest BCUT2D eigenvalue weighted by molar-refractivity contribution is -0.174. The van der Waals surface area contributed by atoms with E-state index in [0.717, 1.165) is 44.9 Å². The number of esters is 1. The van der Waals surface area contributed by atoms with Crippen LogP contribution in [0.15, 0.2) is 5.11 Å². The van der Waals surface area contributed by atoms with Gasteiger partial charge < -0.3 is 14.2 Å². The molecule has 1 unspecified atom stereocenters. The average Bonchev–Trinajstić information content (AvgIpc) is 3.26. The third-order valence-electron chi connectivity index (χ3n) is 10.5. The van der Waals surface area contributed by atoms with Gasteiger partial charge in [0, 0.05) is 22.7 Å². The van der Waals surface area contributed by atoms with Gasteiger partial charge in [0.2, 0.25) is 0 Å². The van der Waals surface area contributed by atoms with Crippen LogP contribution in [0.4, 0.5) is 0 Å². The Morgan fingerprint density at radius 1 is 1.14 bits per heavy atom. The molecule has 0 amide bonds. The molecule has 4 saturated carbocycles. The lowest BCUT2D eigenvalue weighted by Crippen LogP contribution is -2.59. The highest BCUT2D eigenvalue weighted by Crippen LogP contribution is 2.66. The minimum Gasteiger partial charge on any atom is -0.461 e. The number of carbonyl (C=O) groups excluding carboxylic acids is 2. The lowest BCUT2D eigenvalue weighted by Gasteiger charge is -2.60. The van der Waals surface area contributed by atoms with E-state index in [4.69, 9.17) is 19.7 Å². The van der Waals surface area contributed by atoms with Crippen molar-refractivity contribution in [2.75, 3.05) is 0 Å². The summed E-state index contributed by atoms with van der Waals surface area (Å²) in [5.41, 5.74) is 8.66. The first-order valence-corrected chi connectivity index (χ1v) is 13.7. The van der Waals surface area contributed by atoms with E-state index >= 15 is 0 Å². The highest BCUT2D eigenvalue weighted by molar-refractivity contribution is 5.83. The molecule has 0 N–H and O–H groups in total. The van der Waals surface area contributed by atoms with E-state index in [-0.39, 0.29) is 35.1 Å². The summed E-state index contributed by atoms with van der Waals surface area (Å²) in [6.45, 7) is 10.5. The van der Waals surface area contributed by atoms with Crippen molar-refractivity contribution in [1.29, 1.82) is 0 Å². The smallest absolute Gasteiger partial charge is 0.315 e. The van der Waals surface area contributed by atoms with Crippen LogP contribution in [0.5, 0.6) is 0 Å². The molecule has 1 heterocycles. The van der Waals surface area contributed by atoms with Crippen LogP contribution in [0.2, 0.25) is 0 Å². The van der Waals surface area contributed by atoms with Gasteiger partial charge in [-0.1, -0.05) is 32.3 Å². The van der Waals surface area contributed by atoms with Gasteiger partial charge in [0.05, 0.1) is 12.2 Å². The highest BCUT2D eigenvalue weighted by atomic mass is 16.7. The van der Waals surface area contributed by atoms with Gasteiger partial charge in [-0.2, -0.15) is 0 Å². The Balaban J connectivity index is 1.35. The molecule has 5 rings (SSSR count). The van der Waals surface area contributed by atoms with Crippen molar-refractivity contribution in [3.05, 3.63) is 10.4 Å². The Labute approximate surface area is 208 Å². The van der Waals surface area contributed by atoms with Gasteiger partial charge in [0.25, 0.3) is 0 Å². The molecule has 8 heteroatoms. The Morgan fingerprint density at radius 3 is 2.57 bits per heavy atom. The zero-order valence-corrected chi connectivity index (χ0v) is 21.9. The maximum atomic E-state index is 13.6. The number of hydrogen-bond acceptors (Lipinski definition) is 6. The summed E-state index contributed by atoms with van der Waals surface area (Å²) in [4.78, 5) is 29.3. The molecule has 4 aliphatic carbocycles. The third kappa shape index (κ3) is 4.00. The fourth-order valence-corrected chi connectivity index (χ4v) is 8.96. The molecule has 0 spiro atoms. The molecule has 194 valence electrons. The van der Waals surface area contributed by atoms with E-state index in [1.807, 2.05) is 20.8 Å². The number of nitrogens with zero attached hydrogens (tertiary/aromatic N) is 3. The third-order valence-corrected chi connectivity index (χ3v) is 10.5. The average molecular weight is 488 g/mol. The summed E-state index contributed by atoms with van der Waals surface area (Å²) in [7, 11) is 0. The van der Waals surface area contributed by atoms with Gasteiger partial charge in [0.1, 0.15) is 17.9 Å². The Hall–Kier alpha value is -1.63. The van der Waals surface area contributed by atoms with Crippen molar-refractivity contribution in [3.8, 4) is 0 Å². The molecule has 1 aliphatic heterocycles. The normalized spacial score (nSPS) is 46.4. The largest absolute Gasteiger partial charge is 0.461 e. The molecular weight excluding hydrogens is 446 g/mol. The Bertz CT molecular complexity index is 932. The number of fused-ring (bicyclic) bond motifs is 6. The van der Waals surface area contributed by atoms with E-state index in [0.29, 0.717) is 36.4 Å². The molecule has 0 radical (unpaired) electrons. The molecule has 5 aliphatic rings. The van der Waals surface area contributed by atoms with Crippen molar-refractivity contribution < 1.29 is 23.8 Å². The first-order valence-electron chi connectivity index (χ1n) is 13.7. The van der Waals surface area contributed by atoms with Crippen LogP contribution in [-0.2, 0) is 23.8 Å². The zero-order valence-electron chi connectivity index (χ0n) is 21.9. The summed E-state index contributed by atoms with van der Waals surface area (Å²) in [5.74, 6) is 0.603. The number of Topliss-reactive ketones (excluding diaryl/α,β-unsaturated/α-hetero) is 1. The second-order valence-corrected chi connectivity index (χ2v) is 12.8. The van der Waals surface area contributed by atoms with E-state index in [1.165, 1.54) is 0 Å². The van der Waals surface area contributed by atoms with Gasteiger partial charge in [0.15, 0.2) is 5.79 Å². The number of carbonyl (C=O) groups is 2. The van der Waals surface area contributed by atoms with Crippen molar-refractivity contribution in [1.82, 2.24) is 0 Å². The molecular formula is C27H41N3O5. The number of azide groups is 1. The predicted octanol–water partition coefficient (Wildman–Crippen LogP) is 5.73. The van der Waals surface area contributed by atoms with Crippen LogP contribution in [0.25, 0.3) is 10.4 Å². The van der Waals surface area contributed by atoms with Crippen LogP contribution in [0.1, 0.15) is 92.4 Å². The topological polar surface area (TPSA) is 111 Å². The fraction of sp³-hybridized carbons (Fsp3) is 0.926. The van der Waals surface area contributed by atoms with Crippen molar-refractivity contribution in [3.63, 3.8) is 0 Å². The summed E-state index contributed by atoms with van der Waals surface area (Å²) in [6, 6.07) is -0.756. The number of ketones is 1. The first-order chi connectivity index (χ1) is 16.5. The van der Waals surface area contributed by atoms with Crippen molar-refractivity contribution >= 4 is 11.8 Å². The fourth-order valence-electron chi connectivity index (χ4n) is 8.96. The van der Waals surface area contributed by atoms with Gasteiger partial charge >= 0.3 is 5.97 Å². The quantitative estimate of drug-likeness (QED) is 0.213. The second-order valence-electron chi connectivity index (χ2n) is 12.8. The second kappa shape index (κ2) is 8.74.